The van der Waals surface area contributed by atoms with Gasteiger partial charge in [-0.25, -0.2) is 15.0 Å². The minimum atomic E-state index is 0.605. The van der Waals surface area contributed by atoms with E-state index in [1.807, 2.05) is 37.3 Å². The Kier molecular flexibility index (Phi) is 3.86. The Morgan fingerprint density at radius 1 is 1.10 bits per heavy atom. The molecular formula is C15H13ClN4S. The van der Waals surface area contributed by atoms with Crippen molar-refractivity contribution in [1.82, 2.24) is 15.0 Å². The van der Waals surface area contributed by atoms with Gasteiger partial charge in [0.15, 0.2) is 0 Å². The molecule has 3 aromatic rings. The van der Waals surface area contributed by atoms with Crippen molar-refractivity contribution in [2.75, 3.05) is 12.4 Å². The maximum absolute atomic E-state index is 5.92. The first-order valence-electron chi connectivity index (χ1n) is 6.42. The number of nitrogens with zero attached hydrogens (tertiary/aromatic N) is 3. The van der Waals surface area contributed by atoms with Gasteiger partial charge in [0.2, 0.25) is 5.95 Å². The molecule has 0 amide bonds. The monoisotopic (exact) mass is 316 g/mol. The van der Waals surface area contributed by atoms with Crippen molar-refractivity contribution >= 4 is 28.9 Å². The maximum Gasteiger partial charge on any atom is 0.222 e. The molecule has 2 aromatic heterocycles. The van der Waals surface area contributed by atoms with Gasteiger partial charge in [-0.05, 0) is 25.1 Å². The van der Waals surface area contributed by atoms with Crippen LogP contribution in [0.2, 0.25) is 5.02 Å². The van der Waals surface area contributed by atoms with Crippen molar-refractivity contribution in [2.24, 2.45) is 0 Å². The van der Waals surface area contributed by atoms with Crippen molar-refractivity contribution in [3.05, 3.63) is 47.2 Å². The Morgan fingerprint density at radius 2 is 1.86 bits per heavy atom. The SMILES string of the molecule is CNc1nccc(-c2sc(-c3ccc(Cl)cc3)nc2C)n1. The third-order valence-corrected chi connectivity index (χ3v) is 4.48. The zero-order valence-corrected chi connectivity index (χ0v) is 13.2. The molecule has 3 rings (SSSR count). The molecule has 0 aliphatic heterocycles. The lowest BCUT2D eigenvalue weighted by atomic mass is 10.2. The number of aromatic nitrogens is 3. The van der Waals surface area contributed by atoms with Gasteiger partial charge in [0.05, 0.1) is 16.3 Å². The summed E-state index contributed by atoms with van der Waals surface area (Å²) in [6.07, 6.45) is 1.75. The Balaban J connectivity index is 2.03. The summed E-state index contributed by atoms with van der Waals surface area (Å²) in [4.78, 5) is 14.3. The third kappa shape index (κ3) is 2.89. The minimum Gasteiger partial charge on any atom is -0.357 e. The second-order valence-electron chi connectivity index (χ2n) is 4.46. The van der Waals surface area contributed by atoms with Crippen LogP contribution < -0.4 is 5.32 Å². The molecule has 0 spiro atoms. The van der Waals surface area contributed by atoms with Gasteiger partial charge < -0.3 is 5.32 Å². The highest BCUT2D eigenvalue weighted by Gasteiger charge is 2.13. The van der Waals surface area contributed by atoms with Crippen molar-refractivity contribution in [3.8, 4) is 21.1 Å². The van der Waals surface area contributed by atoms with E-state index < -0.39 is 0 Å². The highest BCUT2D eigenvalue weighted by Crippen LogP contribution is 2.34. The van der Waals surface area contributed by atoms with Crippen LogP contribution >= 0.6 is 22.9 Å². The van der Waals surface area contributed by atoms with Crippen molar-refractivity contribution < 1.29 is 0 Å². The summed E-state index contributed by atoms with van der Waals surface area (Å²) in [6.45, 7) is 1.99. The second kappa shape index (κ2) is 5.79. The van der Waals surface area contributed by atoms with Gasteiger partial charge in [-0.3, -0.25) is 0 Å². The smallest absolute Gasteiger partial charge is 0.222 e. The number of nitrogens with one attached hydrogen (secondary N) is 1. The summed E-state index contributed by atoms with van der Waals surface area (Å²) in [5.74, 6) is 0.605. The molecule has 0 saturated carbocycles. The molecule has 0 atom stereocenters. The molecule has 0 fully saturated rings. The van der Waals surface area contributed by atoms with E-state index in [1.54, 1.807) is 24.6 Å². The van der Waals surface area contributed by atoms with Crippen LogP contribution in [-0.4, -0.2) is 22.0 Å². The van der Waals surface area contributed by atoms with E-state index >= 15 is 0 Å². The van der Waals surface area contributed by atoms with E-state index in [-0.39, 0.29) is 0 Å². The molecule has 106 valence electrons. The summed E-state index contributed by atoms with van der Waals surface area (Å²) >= 11 is 7.54. The first-order chi connectivity index (χ1) is 10.2. The molecule has 1 N–H and O–H groups in total. The summed E-state index contributed by atoms with van der Waals surface area (Å²) in [6, 6.07) is 9.59. The van der Waals surface area contributed by atoms with Crippen molar-refractivity contribution in [2.45, 2.75) is 6.92 Å². The van der Waals surface area contributed by atoms with E-state index in [9.17, 15) is 0 Å². The van der Waals surface area contributed by atoms with E-state index in [0.717, 1.165) is 31.9 Å². The number of hydrogen-bond acceptors (Lipinski definition) is 5. The van der Waals surface area contributed by atoms with Crippen molar-refractivity contribution in [1.29, 1.82) is 0 Å². The second-order valence-corrected chi connectivity index (χ2v) is 5.89. The van der Waals surface area contributed by atoms with Gasteiger partial charge in [0.25, 0.3) is 0 Å². The van der Waals surface area contributed by atoms with E-state index in [4.69, 9.17) is 11.6 Å². The van der Waals surface area contributed by atoms with Gasteiger partial charge in [0.1, 0.15) is 5.01 Å². The number of anilines is 1. The van der Waals surface area contributed by atoms with Gasteiger partial charge in [-0.2, -0.15) is 0 Å². The molecule has 4 nitrogen and oxygen atoms in total. The Hall–Kier alpha value is -1.98. The molecule has 1 aromatic carbocycles. The molecular weight excluding hydrogens is 304 g/mol. The predicted octanol–water partition coefficient (Wildman–Crippen LogP) is 4.27. The fourth-order valence-electron chi connectivity index (χ4n) is 1.96. The normalized spacial score (nSPS) is 10.6. The number of halogens is 1. The van der Waals surface area contributed by atoms with Gasteiger partial charge in [0, 0.05) is 23.8 Å². The fraction of sp³-hybridized carbons (Fsp3) is 0.133. The summed E-state index contributed by atoms with van der Waals surface area (Å²) in [7, 11) is 1.80. The Bertz CT molecular complexity index is 768. The lowest BCUT2D eigenvalue weighted by Crippen LogP contribution is -1.96. The summed E-state index contributed by atoms with van der Waals surface area (Å²) in [5.41, 5.74) is 2.90. The molecule has 0 bridgehead atoms. The quantitative estimate of drug-likeness (QED) is 0.784. The average Bonchev–Trinajstić information content (AvgIpc) is 2.90. The third-order valence-electron chi connectivity index (χ3n) is 3.00. The average molecular weight is 317 g/mol. The van der Waals surface area contributed by atoms with Gasteiger partial charge >= 0.3 is 0 Å². The number of thiazole rings is 1. The highest BCUT2D eigenvalue weighted by atomic mass is 35.5. The first-order valence-corrected chi connectivity index (χ1v) is 7.61. The maximum atomic E-state index is 5.92. The molecule has 0 aliphatic carbocycles. The van der Waals surface area contributed by atoms with Crippen LogP contribution in [0.3, 0.4) is 0 Å². The summed E-state index contributed by atoms with van der Waals surface area (Å²) < 4.78 is 0. The number of aryl methyl sites for hydroxylation is 1. The number of benzene rings is 1. The van der Waals surface area contributed by atoms with Crippen LogP contribution in [0.1, 0.15) is 5.69 Å². The van der Waals surface area contributed by atoms with Crippen LogP contribution in [0.15, 0.2) is 36.5 Å². The Labute approximate surface area is 131 Å². The van der Waals surface area contributed by atoms with Crippen LogP contribution in [0.4, 0.5) is 5.95 Å². The highest BCUT2D eigenvalue weighted by molar-refractivity contribution is 7.18. The zero-order valence-electron chi connectivity index (χ0n) is 11.6. The van der Waals surface area contributed by atoms with Crippen LogP contribution in [0.25, 0.3) is 21.1 Å². The van der Waals surface area contributed by atoms with Crippen molar-refractivity contribution in [3.63, 3.8) is 0 Å². The standard InChI is InChI=1S/C15H13ClN4S/c1-9-13(12-7-8-18-15(17-2)20-12)21-14(19-9)10-3-5-11(16)6-4-10/h3-8H,1-2H3,(H,17,18,20). The van der Waals surface area contributed by atoms with Crippen LogP contribution in [0, 0.1) is 6.92 Å². The molecule has 0 aliphatic rings. The molecule has 0 radical (unpaired) electrons. The molecule has 0 saturated heterocycles. The van der Waals surface area contributed by atoms with Crippen LogP contribution in [0.5, 0.6) is 0 Å². The van der Waals surface area contributed by atoms with Gasteiger partial charge in [-0.15, -0.1) is 11.3 Å². The number of hydrogen-bond donors (Lipinski definition) is 1. The van der Waals surface area contributed by atoms with E-state index in [2.05, 4.69) is 20.3 Å². The van der Waals surface area contributed by atoms with E-state index in [0.29, 0.717) is 5.95 Å². The lowest BCUT2D eigenvalue weighted by Gasteiger charge is -2.00. The van der Waals surface area contributed by atoms with Gasteiger partial charge in [-0.1, -0.05) is 23.7 Å². The number of rotatable bonds is 3. The van der Waals surface area contributed by atoms with Crippen LogP contribution in [-0.2, 0) is 0 Å². The topological polar surface area (TPSA) is 50.7 Å². The minimum absolute atomic E-state index is 0.605. The zero-order chi connectivity index (χ0) is 14.8. The lowest BCUT2D eigenvalue weighted by molar-refractivity contribution is 1.15. The first kappa shape index (κ1) is 14.0. The predicted molar refractivity (Wildman–Crippen MR) is 87.9 cm³/mol. The molecule has 21 heavy (non-hydrogen) atoms. The summed E-state index contributed by atoms with van der Waals surface area (Å²) in [5, 5.41) is 4.63. The molecule has 6 heteroatoms. The fourth-order valence-corrected chi connectivity index (χ4v) is 3.12. The largest absolute Gasteiger partial charge is 0.357 e. The molecule has 2 heterocycles. The molecule has 0 unspecified atom stereocenters. The van der Waals surface area contributed by atoms with E-state index in [1.165, 1.54) is 0 Å². The Morgan fingerprint density at radius 3 is 2.57 bits per heavy atom.